The Labute approximate surface area is 144 Å². The van der Waals surface area contributed by atoms with E-state index < -0.39 is 0 Å². The third kappa shape index (κ3) is 2.82. The number of aromatic nitrogens is 4. The number of hydrogen-bond donors (Lipinski definition) is 0. The van der Waals surface area contributed by atoms with E-state index in [0.717, 1.165) is 22.0 Å². The molecule has 0 radical (unpaired) electrons. The molecular formula is C19H16N4O2. The molecule has 0 unspecified atom stereocenters. The van der Waals surface area contributed by atoms with Crippen LogP contribution in [-0.2, 0) is 0 Å². The number of ether oxygens (including phenoxy) is 1. The maximum absolute atomic E-state index is 5.72. The molecule has 0 saturated heterocycles. The van der Waals surface area contributed by atoms with Gasteiger partial charge in [-0.15, -0.1) is 0 Å². The molecule has 3 heterocycles. The van der Waals surface area contributed by atoms with Crippen molar-refractivity contribution in [2.45, 2.75) is 13.8 Å². The normalized spacial score (nSPS) is 11.0. The Bertz CT molecular complexity index is 1030. The van der Waals surface area contributed by atoms with Crippen LogP contribution in [0.3, 0.4) is 0 Å². The van der Waals surface area contributed by atoms with Crippen molar-refractivity contribution in [3.8, 4) is 28.7 Å². The topological polar surface area (TPSA) is 73.9 Å². The molecule has 0 bridgehead atoms. The predicted octanol–water partition coefficient (Wildman–Crippen LogP) is 4.05. The number of hydrogen-bond acceptors (Lipinski definition) is 6. The molecule has 0 N–H and O–H groups in total. The van der Waals surface area contributed by atoms with Crippen molar-refractivity contribution in [3.63, 3.8) is 0 Å². The van der Waals surface area contributed by atoms with E-state index in [0.29, 0.717) is 29.8 Å². The van der Waals surface area contributed by atoms with E-state index in [1.807, 2.05) is 50.2 Å². The van der Waals surface area contributed by atoms with Crippen LogP contribution in [0.2, 0.25) is 0 Å². The van der Waals surface area contributed by atoms with Crippen LogP contribution in [0.1, 0.15) is 12.5 Å². The molecular weight excluding hydrogens is 316 g/mol. The minimum atomic E-state index is 0.412. The highest BCUT2D eigenvalue weighted by atomic mass is 16.5. The van der Waals surface area contributed by atoms with Crippen LogP contribution in [-0.4, -0.2) is 26.7 Å². The van der Waals surface area contributed by atoms with E-state index in [4.69, 9.17) is 9.26 Å². The van der Waals surface area contributed by atoms with Crippen molar-refractivity contribution in [2.24, 2.45) is 0 Å². The summed E-state index contributed by atoms with van der Waals surface area (Å²) < 4.78 is 11.1. The van der Waals surface area contributed by atoms with E-state index in [-0.39, 0.29) is 0 Å². The zero-order valence-electron chi connectivity index (χ0n) is 13.9. The van der Waals surface area contributed by atoms with Crippen LogP contribution < -0.4 is 4.74 Å². The first-order valence-electron chi connectivity index (χ1n) is 8.04. The minimum absolute atomic E-state index is 0.412. The van der Waals surface area contributed by atoms with Gasteiger partial charge in [0.2, 0.25) is 11.7 Å². The number of fused-ring (bicyclic) bond motifs is 1. The molecule has 4 aromatic rings. The molecule has 0 fully saturated rings. The van der Waals surface area contributed by atoms with Gasteiger partial charge < -0.3 is 9.26 Å². The van der Waals surface area contributed by atoms with Crippen LogP contribution in [0.5, 0.6) is 5.88 Å². The molecule has 0 aliphatic heterocycles. The van der Waals surface area contributed by atoms with Gasteiger partial charge in [-0.25, -0.2) is 4.98 Å². The second-order valence-electron chi connectivity index (χ2n) is 5.59. The van der Waals surface area contributed by atoms with Crippen molar-refractivity contribution < 1.29 is 9.26 Å². The Hall–Kier alpha value is -3.28. The fraction of sp³-hybridized carbons (Fsp3) is 0.158. The highest BCUT2D eigenvalue weighted by Gasteiger charge is 2.17. The van der Waals surface area contributed by atoms with Gasteiger partial charge >= 0.3 is 0 Å². The second-order valence-corrected chi connectivity index (χ2v) is 5.59. The molecule has 1 aromatic carbocycles. The fourth-order valence-electron chi connectivity index (χ4n) is 2.68. The van der Waals surface area contributed by atoms with E-state index in [2.05, 4.69) is 20.1 Å². The van der Waals surface area contributed by atoms with Crippen molar-refractivity contribution in [2.75, 3.05) is 6.61 Å². The molecule has 4 rings (SSSR count). The van der Waals surface area contributed by atoms with Gasteiger partial charge in [-0.2, -0.15) is 4.98 Å². The summed E-state index contributed by atoms with van der Waals surface area (Å²) in [6.07, 6.45) is 3.38. The van der Waals surface area contributed by atoms with Crippen molar-refractivity contribution >= 4 is 10.9 Å². The monoisotopic (exact) mass is 332 g/mol. The number of rotatable bonds is 4. The minimum Gasteiger partial charge on any atom is -0.477 e. The van der Waals surface area contributed by atoms with Crippen LogP contribution >= 0.6 is 0 Å². The summed E-state index contributed by atoms with van der Waals surface area (Å²) >= 11 is 0. The maximum atomic E-state index is 5.72. The molecule has 25 heavy (non-hydrogen) atoms. The quantitative estimate of drug-likeness (QED) is 0.561. The Balaban J connectivity index is 1.85. The maximum Gasteiger partial charge on any atom is 0.259 e. The molecule has 0 aliphatic carbocycles. The zero-order valence-corrected chi connectivity index (χ0v) is 13.9. The van der Waals surface area contributed by atoms with Gasteiger partial charge in [0.15, 0.2) is 0 Å². The highest BCUT2D eigenvalue weighted by Crippen LogP contribution is 2.32. The van der Waals surface area contributed by atoms with Crippen LogP contribution in [0, 0.1) is 6.92 Å². The first kappa shape index (κ1) is 15.3. The number of aryl methyl sites for hydroxylation is 1. The molecule has 0 atom stereocenters. The Kier molecular flexibility index (Phi) is 3.85. The molecule has 124 valence electrons. The molecule has 3 aromatic heterocycles. The SMILES string of the molecule is CCOc1nc2c(C)cccc2cc1-c1noc(-c2cccnc2)n1. The second kappa shape index (κ2) is 6.32. The summed E-state index contributed by atoms with van der Waals surface area (Å²) in [5.41, 5.74) is 3.47. The largest absolute Gasteiger partial charge is 0.477 e. The Morgan fingerprint density at radius 2 is 2.04 bits per heavy atom. The smallest absolute Gasteiger partial charge is 0.259 e. The number of para-hydroxylation sites is 1. The third-order valence-electron chi connectivity index (χ3n) is 3.87. The van der Waals surface area contributed by atoms with Crippen LogP contribution in [0.4, 0.5) is 0 Å². The van der Waals surface area contributed by atoms with Crippen molar-refractivity contribution in [3.05, 3.63) is 54.4 Å². The predicted molar refractivity (Wildman–Crippen MR) is 94.2 cm³/mol. The van der Waals surface area contributed by atoms with E-state index in [1.165, 1.54) is 0 Å². The molecule has 6 heteroatoms. The van der Waals surface area contributed by atoms with Gasteiger partial charge in [-0.05, 0) is 37.6 Å². The van der Waals surface area contributed by atoms with Gasteiger partial charge in [-0.3, -0.25) is 4.98 Å². The lowest BCUT2D eigenvalue weighted by atomic mass is 10.1. The molecule has 0 amide bonds. The summed E-state index contributed by atoms with van der Waals surface area (Å²) in [7, 11) is 0. The Morgan fingerprint density at radius 1 is 1.12 bits per heavy atom. The first-order chi connectivity index (χ1) is 12.3. The van der Waals surface area contributed by atoms with E-state index in [9.17, 15) is 0 Å². The molecule has 6 nitrogen and oxygen atoms in total. The standard InChI is InChI=1S/C19H16N4O2/c1-3-24-19-15(10-13-7-4-6-12(2)16(13)21-19)17-22-18(25-23-17)14-8-5-9-20-11-14/h4-11H,3H2,1-2H3. The number of pyridine rings is 2. The first-order valence-corrected chi connectivity index (χ1v) is 8.04. The fourth-order valence-corrected chi connectivity index (χ4v) is 2.68. The molecule has 0 spiro atoms. The van der Waals surface area contributed by atoms with Crippen LogP contribution in [0.25, 0.3) is 33.7 Å². The summed E-state index contributed by atoms with van der Waals surface area (Å²) in [5, 5.41) is 5.11. The third-order valence-corrected chi connectivity index (χ3v) is 3.87. The summed E-state index contributed by atoms with van der Waals surface area (Å²) in [4.78, 5) is 13.2. The van der Waals surface area contributed by atoms with Gasteiger partial charge in [-0.1, -0.05) is 23.4 Å². The van der Waals surface area contributed by atoms with E-state index in [1.54, 1.807) is 12.4 Å². The van der Waals surface area contributed by atoms with Gasteiger partial charge in [0.25, 0.3) is 5.89 Å². The average molecular weight is 332 g/mol. The summed E-state index contributed by atoms with van der Waals surface area (Å²) in [6.45, 7) is 4.45. The van der Waals surface area contributed by atoms with E-state index >= 15 is 0 Å². The summed E-state index contributed by atoms with van der Waals surface area (Å²) in [5.74, 6) is 1.36. The number of benzene rings is 1. The number of nitrogens with zero attached hydrogens (tertiary/aromatic N) is 4. The average Bonchev–Trinajstić information content (AvgIpc) is 3.13. The lowest BCUT2D eigenvalue weighted by Crippen LogP contribution is -1.99. The van der Waals surface area contributed by atoms with Gasteiger partial charge in [0.05, 0.1) is 23.3 Å². The highest BCUT2D eigenvalue weighted by molar-refractivity contribution is 5.87. The summed E-state index contributed by atoms with van der Waals surface area (Å²) in [6, 6.07) is 11.7. The van der Waals surface area contributed by atoms with Crippen LogP contribution in [0.15, 0.2) is 53.3 Å². The lowest BCUT2D eigenvalue weighted by molar-refractivity contribution is 0.329. The molecule has 0 saturated carbocycles. The molecule has 0 aliphatic rings. The lowest BCUT2D eigenvalue weighted by Gasteiger charge is -2.09. The Morgan fingerprint density at radius 3 is 2.84 bits per heavy atom. The van der Waals surface area contributed by atoms with Gasteiger partial charge in [0.1, 0.15) is 0 Å². The van der Waals surface area contributed by atoms with Gasteiger partial charge in [0, 0.05) is 17.8 Å². The zero-order chi connectivity index (χ0) is 17.2. The van der Waals surface area contributed by atoms with Crippen molar-refractivity contribution in [1.29, 1.82) is 0 Å². The van der Waals surface area contributed by atoms with Crippen molar-refractivity contribution in [1.82, 2.24) is 20.1 Å².